The molecule has 0 radical (unpaired) electrons. The SMILES string of the molecule is CCCSC1CC(=O)N(CC)C1=O. The molecule has 4 heteroatoms. The van der Waals surface area contributed by atoms with Gasteiger partial charge in [-0.05, 0) is 19.1 Å². The van der Waals surface area contributed by atoms with E-state index in [0.717, 1.165) is 12.2 Å². The van der Waals surface area contributed by atoms with Crippen LogP contribution in [0.25, 0.3) is 0 Å². The van der Waals surface area contributed by atoms with E-state index in [1.165, 1.54) is 4.90 Å². The Morgan fingerprint density at radius 2 is 2.15 bits per heavy atom. The molecule has 0 bridgehead atoms. The van der Waals surface area contributed by atoms with Crippen molar-refractivity contribution in [3.63, 3.8) is 0 Å². The number of hydrogen-bond donors (Lipinski definition) is 0. The summed E-state index contributed by atoms with van der Waals surface area (Å²) < 4.78 is 0. The molecule has 1 saturated heterocycles. The molecule has 74 valence electrons. The van der Waals surface area contributed by atoms with E-state index in [0.29, 0.717) is 13.0 Å². The fourth-order valence-electron chi connectivity index (χ4n) is 1.38. The lowest BCUT2D eigenvalue weighted by Crippen LogP contribution is -2.30. The van der Waals surface area contributed by atoms with E-state index < -0.39 is 0 Å². The molecule has 1 atom stereocenters. The van der Waals surface area contributed by atoms with Gasteiger partial charge in [0.05, 0.1) is 5.25 Å². The maximum atomic E-state index is 11.5. The Kier molecular flexibility index (Phi) is 3.78. The Balaban J connectivity index is 2.52. The molecule has 1 heterocycles. The lowest BCUT2D eigenvalue weighted by molar-refractivity contribution is -0.137. The van der Waals surface area contributed by atoms with Crippen LogP contribution in [-0.2, 0) is 9.59 Å². The summed E-state index contributed by atoms with van der Waals surface area (Å²) in [5, 5.41) is -0.104. The van der Waals surface area contributed by atoms with Crippen LogP contribution >= 0.6 is 11.8 Å². The minimum atomic E-state index is -0.104. The molecular weight excluding hydrogens is 186 g/mol. The molecule has 1 unspecified atom stereocenters. The Morgan fingerprint density at radius 3 is 2.62 bits per heavy atom. The van der Waals surface area contributed by atoms with Crippen LogP contribution in [0, 0.1) is 0 Å². The maximum absolute atomic E-state index is 11.5. The third-order valence-corrected chi connectivity index (χ3v) is 3.46. The summed E-state index contributed by atoms with van der Waals surface area (Å²) in [6.45, 7) is 4.43. The monoisotopic (exact) mass is 201 g/mol. The molecule has 0 saturated carbocycles. The van der Waals surface area contributed by atoms with Crippen molar-refractivity contribution >= 4 is 23.6 Å². The van der Waals surface area contributed by atoms with E-state index in [2.05, 4.69) is 6.92 Å². The van der Waals surface area contributed by atoms with Crippen molar-refractivity contribution in [1.29, 1.82) is 0 Å². The lowest BCUT2D eigenvalue weighted by atomic mass is 10.4. The summed E-state index contributed by atoms with van der Waals surface area (Å²) in [6, 6.07) is 0. The lowest BCUT2D eigenvalue weighted by Gasteiger charge is -2.11. The Hall–Kier alpha value is -0.510. The van der Waals surface area contributed by atoms with Gasteiger partial charge in [0.1, 0.15) is 0 Å². The minimum Gasteiger partial charge on any atom is -0.282 e. The first kappa shape index (κ1) is 10.6. The molecule has 2 amide bonds. The standard InChI is InChI=1S/C9H15NO2S/c1-3-5-13-7-6-8(11)10(4-2)9(7)12/h7H,3-6H2,1-2H3. The highest BCUT2D eigenvalue weighted by atomic mass is 32.2. The van der Waals surface area contributed by atoms with Crippen molar-refractivity contribution < 1.29 is 9.59 Å². The van der Waals surface area contributed by atoms with Gasteiger partial charge in [0.15, 0.2) is 0 Å². The summed E-state index contributed by atoms with van der Waals surface area (Å²) in [7, 11) is 0. The number of hydrogen-bond acceptors (Lipinski definition) is 3. The van der Waals surface area contributed by atoms with Gasteiger partial charge in [-0.3, -0.25) is 14.5 Å². The van der Waals surface area contributed by atoms with Gasteiger partial charge in [-0.25, -0.2) is 0 Å². The molecular formula is C9H15NO2S. The second kappa shape index (κ2) is 4.65. The van der Waals surface area contributed by atoms with Gasteiger partial charge in [-0.15, -0.1) is 11.8 Å². The van der Waals surface area contributed by atoms with Gasteiger partial charge in [0, 0.05) is 13.0 Å². The van der Waals surface area contributed by atoms with Crippen molar-refractivity contribution in [3.8, 4) is 0 Å². The van der Waals surface area contributed by atoms with Crippen LogP contribution < -0.4 is 0 Å². The molecule has 1 aliphatic rings. The molecule has 1 fully saturated rings. The van der Waals surface area contributed by atoms with Gasteiger partial charge in [-0.2, -0.15) is 0 Å². The first-order valence-corrected chi connectivity index (χ1v) is 5.71. The summed E-state index contributed by atoms with van der Waals surface area (Å²) in [4.78, 5) is 24.2. The molecule has 0 aromatic rings. The fourth-order valence-corrected chi connectivity index (χ4v) is 2.43. The largest absolute Gasteiger partial charge is 0.282 e. The Labute approximate surface area is 82.9 Å². The molecule has 1 rings (SSSR count). The van der Waals surface area contributed by atoms with E-state index >= 15 is 0 Å². The van der Waals surface area contributed by atoms with Crippen LogP contribution in [0.5, 0.6) is 0 Å². The third kappa shape index (κ3) is 2.24. The molecule has 0 spiro atoms. The van der Waals surface area contributed by atoms with Crippen LogP contribution in [0.1, 0.15) is 26.7 Å². The molecule has 0 aliphatic carbocycles. The van der Waals surface area contributed by atoms with Gasteiger partial charge in [0.25, 0.3) is 0 Å². The molecule has 0 aromatic carbocycles. The van der Waals surface area contributed by atoms with Gasteiger partial charge >= 0.3 is 0 Å². The number of thioether (sulfide) groups is 1. The van der Waals surface area contributed by atoms with Gasteiger partial charge < -0.3 is 0 Å². The second-order valence-corrected chi connectivity index (χ2v) is 4.35. The molecule has 1 aliphatic heterocycles. The first-order chi connectivity index (χ1) is 6.20. The van der Waals surface area contributed by atoms with Crippen LogP contribution in [0.15, 0.2) is 0 Å². The zero-order valence-electron chi connectivity index (χ0n) is 8.08. The highest BCUT2D eigenvalue weighted by Gasteiger charge is 2.37. The topological polar surface area (TPSA) is 37.4 Å². The summed E-state index contributed by atoms with van der Waals surface area (Å²) in [5.41, 5.74) is 0. The third-order valence-electron chi connectivity index (χ3n) is 2.04. The van der Waals surface area contributed by atoms with E-state index in [9.17, 15) is 9.59 Å². The van der Waals surface area contributed by atoms with Crippen molar-refractivity contribution in [2.75, 3.05) is 12.3 Å². The van der Waals surface area contributed by atoms with Crippen molar-refractivity contribution in [3.05, 3.63) is 0 Å². The summed E-state index contributed by atoms with van der Waals surface area (Å²) in [6.07, 6.45) is 1.45. The number of imide groups is 1. The van der Waals surface area contributed by atoms with Crippen molar-refractivity contribution in [2.24, 2.45) is 0 Å². The van der Waals surface area contributed by atoms with E-state index in [4.69, 9.17) is 0 Å². The smallest absolute Gasteiger partial charge is 0.242 e. The van der Waals surface area contributed by atoms with E-state index in [1.807, 2.05) is 6.92 Å². The summed E-state index contributed by atoms with van der Waals surface area (Å²) in [5.74, 6) is 0.952. The predicted octanol–water partition coefficient (Wildman–Crippen LogP) is 1.28. The normalized spacial score (nSPS) is 22.9. The van der Waals surface area contributed by atoms with Crippen LogP contribution in [0.2, 0.25) is 0 Å². The number of carbonyl (C=O) groups is 2. The number of amides is 2. The fraction of sp³-hybridized carbons (Fsp3) is 0.778. The van der Waals surface area contributed by atoms with Gasteiger partial charge in [-0.1, -0.05) is 6.92 Å². The van der Waals surface area contributed by atoms with Gasteiger partial charge in [0.2, 0.25) is 11.8 Å². The van der Waals surface area contributed by atoms with Crippen LogP contribution in [0.4, 0.5) is 0 Å². The second-order valence-electron chi connectivity index (χ2n) is 3.04. The highest BCUT2D eigenvalue weighted by molar-refractivity contribution is 8.00. The van der Waals surface area contributed by atoms with E-state index in [-0.39, 0.29) is 17.1 Å². The summed E-state index contributed by atoms with van der Waals surface area (Å²) >= 11 is 1.60. The molecule has 3 nitrogen and oxygen atoms in total. The predicted molar refractivity (Wildman–Crippen MR) is 53.5 cm³/mol. The average molecular weight is 201 g/mol. The molecule has 0 N–H and O–H groups in total. The minimum absolute atomic E-state index is 0.00551. The van der Waals surface area contributed by atoms with Crippen molar-refractivity contribution in [1.82, 2.24) is 4.90 Å². The van der Waals surface area contributed by atoms with Crippen molar-refractivity contribution in [2.45, 2.75) is 31.9 Å². The van der Waals surface area contributed by atoms with E-state index in [1.54, 1.807) is 11.8 Å². The highest BCUT2D eigenvalue weighted by Crippen LogP contribution is 2.25. The number of carbonyl (C=O) groups excluding carboxylic acids is 2. The number of rotatable bonds is 4. The van der Waals surface area contributed by atoms with Crippen LogP contribution in [0.3, 0.4) is 0 Å². The Bertz CT molecular complexity index is 218. The zero-order chi connectivity index (χ0) is 9.84. The number of nitrogens with zero attached hydrogens (tertiary/aromatic N) is 1. The number of likely N-dealkylation sites (tertiary alicyclic amines) is 1. The Morgan fingerprint density at radius 1 is 1.46 bits per heavy atom. The maximum Gasteiger partial charge on any atom is 0.242 e. The molecule has 0 aromatic heterocycles. The first-order valence-electron chi connectivity index (χ1n) is 4.66. The quantitative estimate of drug-likeness (QED) is 0.643. The van der Waals surface area contributed by atoms with Crippen LogP contribution in [-0.4, -0.2) is 34.3 Å². The molecule has 13 heavy (non-hydrogen) atoms. The average Bonchev–Trinajstić information content (AvgIpc) is 2.38. The zero-order valence-corrected chi connectivity index (χ0v) is 8.89.